The fraction of sp³-hybridized carbons (Fsp3) is 0.529. The maximum Gasteiger partial charge on any atom is 0.316 e. The maximum absolute atomic E-state index is 12.5. The molecule has 2 rings (SSSR count). The van der Waals surface area contributed by atoms with Crippen molar-refractivity contribution in [2.75, 3.05) is 32.2 Å². The Morgan fingerprint density at radius 3 is 2.61 bits per heavy atom. The number of ether oxygens (including phenoxy) is 2. The van der Waals surface area contributed by atoms with Crippen LogP contribution in [0.5, 0.6) is 0 Å². The van der Waals surface area contributed by atoms with Crippen molar-refractivity contribution in [3.8, 4) is 0 Å². The Hall–Kier alpha value is -1.75. The molecule has 5 nitrogen and oxygen atoms in total. The summed E-state index contributed by atoms with van der Waals surface area (Å²) in [7, 11) is 0. The van der Waals surface area contributed by atoms with Crippen molar-refractivity contribution in [3.63, 3.8) is 0 Å². The van der Waals surface area contributed by atoms with E-state index in [-0.39, 0.29) is 17.8 Å². The molecule has 0 radical (unpaired) electrons. The van der Waals surface area contributed by atoms with Gasteiger partial charge in [0.25, 0.3) is 0 Å². The first kappa shape index (κ1) is 17.6. The highest BCUT2D eigenvalue weighted by atomic mass is 35.5. The molecule has 1 saturated heterocycles. The van der Waals surface area contributed by atoms with E-state index in [1.54, 1.807) is 24.0 Å². The van der Waals surface area contributed by atoms with Gasteiger partial charge >= 0.3 is 5.97 Å². The van der Waals surface area contributed by atoms with Gasteiger partial charge in [0.15, 0.2) is 0 Å². The number of carbonyl (C=O) groups excluding carboxylic acids is 2. The molecule has 1 heterocycles. The van der Waals surface area contributed by atoms with E-state index in [1.807, 2.05) is 19.1 Å². The van der Waals surface area contributed by atoms with Crippen LogP contribution in [0.3, 0.4) is 0 Å². The number of rotatable bonds is 6. The number of alkyl halides is 1. The van der Waals surface area contributed by atoms with Crippen LogP contribution in [0.1, 0.15) is 20.3 Å². The molecule has 0 aromatic carbocycles. The third-order valence-electron chi connectivity index (χ3n) is 3.89. The van der Waals surface area contributed by atoms with E-state index in [0.29, 0.717) is 38.3 Å². The minimum Gasteiger partial charge on any atom is -0.494 e. The number of carbonyl (C=O) groups is 2. The number of allylic oxidation sites excluding steroid dienone is 4. The molecular formula is C17H22ClNO4. The van der Waals surface area contributed by atoms with E-state index in [0.717, 1.165) is 5.76 Å². The minimum absolute atomic E-state index is 0.0753. The van der Waals surface area contributed by atoms with Crippen LogP contribution < -0.4 is 0 Å². The van der Waals surface area contributed by atoms with Crippen LogP contribution in [0.15, 0.2) is 35.6 Å². The van der Waals surface area contributed by atoms with Crippen molar-refractivity contribution in [3.05, 3.63) is 35.6 Å². The molecule has 0 spiro atoms. The van der Waals surface area contributed by atoms with Gasteiger partial charge in [-0.25, -0.2) is 0 Å². The molecule has 0 atom stereocenters. The van der Waals surface area contributed by atoms with Gasteiger partial charge in [-0.3, -0.25) is 9.59 Å². The summed E-state index contributed by atoms with van der Waals surface area (Å²) in [5.74, 6) is 0.490. The van der Waals surface area contributed by atoms with Crippen LogP contribution in [-0.2, 0) is 19.1 Å². The summed E-state index contributed by atoms with van der Waals surface area (Å²) in [6.45, 7) is 5.17. The Morgan fingerprint density at radius 2 is 2.00 bits per heavy atom. The first-order chi connectivity index (χ1) is 11.1. The van der Waals surface area contributed by atoms with Gasteiger partial charge in [0.05, 0.1) is 13.2 Å². The van der Waals surface area contributed by atoms with Gasteiger partial charge in [-0.1, -0.05) is 6.08 Å². The molecular weight excluding hydrogens is 318 g/mol. The highest BCUT2D eigenvalue weighted by Gasteiger charge is 2.51. The number of likely N-dealkylation sites (tertiary alicyclic amines) is 1. The molecule has 23 heavy (non-hydrogen) atoms. The Balaban J connectivity index is 2.01. The number of amides is 1. The van der Waals surface area contributed by atoms with Crippen LogP contribution >= 0.6 is 11.6 Å². The zero-order valence-electron chi connectivity index (χ0n) is 13.5. The summed E-state index contributed by atoms with van der Waals surface area (Å²) in [6, 6.07) is 0. The molecule has 0 N–H and O–H groups in total. The fourth-order valence-corrected chi connectivity index (χ4v) is 2.89. The Kier molecular flexibility index (Phi) is 5.88. The number of esters is 1. The van der Waals surface area contributed by atoms with Crippen LogP contribution in [0.4, 0.5) is 0 Å². The summed E-state index contributed by atoms with van der Waals surface area (Å²) in [5.41, 5.74) is -0.0938. The Labute approximate surface area is 141 Å². The molecule has 6 heteroatoms. The molecule has 126 valence electrons. The molecule has 1 aliphatic carbocycles. The van der Waals surface area contributed by atoms with E-state index < -0.39 is 5.41 Å². The molecule has 0 aromatic heterocycles. The van der Waals surface area contributed by atoms with Crippen molar-refractivity contribution in [1.82, 2.24) is 4.90 Å². The fourth-order valence-electron chi connectivity index (χ4n) is 2.61. The highest BCUT2D eigenvalue weighted by Crippen LogP contribution is 2.34. The number of hydrogen-bond acceptors (Lipinski definition) is 4. The molecule has 1 amide bonds. The second kappa shape index (κ2) is 7.68. The zero-order chi connectivity index (χ0) is 16.9. The van der Waals surface area contributed by atoms with Crippen molar-refractivity contribution in [2.24, 2.45) is 5.41 Å². The van der Waals surface area contributed by atoms with Crippen molar-refractivity contribution >= 4 is 23.5 Å². The first-order valence-corrected chi connectivity index (χ1v) is 8.32. The SMILES string of the molecule is CCOC(=O)C1(CCl)CN(C(=O)C2=CC=C(OCC)C=CC2)C1. The summed E-state index contributed by atoms with van der Waals surface area (Å²) in [6.07, 6.45) is 7.87. The van der Waals surface area contributed by atoms with Gasteiger partial charge in [0, 0.05) is 24.5 Å². The quantitative estimate of drug-likeness (QED) is 0.551. The predicted octanol–water partition coefficient (Wildman–Crippen LogP) is 2.42. The topological polar surface area (TPSA) is 55.8 Å². The van der Waals surface area contributed by atoms with E-state index in [1.165, 1.54) is 0 Å². The molecule has 0 aromatic rings. The summed E-state index contributed by atoms with van der Waals surface area (Å²) >= 11 is 5.94. The second-order valence-electron chi connectivity index (χ2n) is 5.60. The van der Waals surface area contributed by atoms with Gasteiger partial charge < -0.3 is 14.4 Å². The van der Waals surface area contributed by atoms with E-state index in [9.17, 15) is 9.59 Å². The lowest BCUT2D eigenvalue weighted by molar-refractivity contribution is -0.167. The maximum atomic E-state index is 12.5. The third-order valence-corrected chi connectivity index (χ3v) is 4.40. The summed E-state index contributed by atoms with van der Waals surface area (Å²) in [5, 5.41) is 0. The largest absolute Gasteiger partial charge is 0.494 e. The van der Waals surface area contributed by atoms with Crippen molar-refractivity contribution < 1.29 is 19.1 Å². The highest BCUT2D eigenvalue weighted by molar-refractivity contribution is 6.20. The molecule has 0 unspecified atom stereocenters. The van der Waals surface area contributed by atoms with Crippen molar-refractivity contribution in [2.45, 2.75) is 20.3 Å². The smallest absolute Gasteiger partial charge is 0.316 e. The lowest BCUT2D eigenvalue weighted by Crippen LogP contribution is -2.63. The summed E-state index contributed by atoms with van der Waals surface area (Å²) in [4.78, 5) is 26.2. The zero-order valence-corrected chi connectivity index (χ0v) is 14.3. The molecule has 1 fully saturated rings. The minimum atomic E-state index is -0.763. The van der Waals surface area contributed by atoms with Gasteiger partial charge in [0.1, 0.15) is 11.2 Å². The van der Waals surface area contributed by atoms with Gasteiger partial charge in [0.2, 0.25) is 5.91 Å². The number of nitrogens with zero attached hydrogens (tertiary/aromatic N) is 1. The van der Waals surface area contributed by atoms with Gasteiger partial charge in [-0.2, -0.15) is 0 Å². The Bertz CT molecular complexity index is 559. The van der Waals surface area contributed by atoms with Crippen LogP contribution in [-0.4, -0.2) is 49.0 Å². The lowest BCUT2D eigenvalue weighted by atomic mass is 9.81. The number of halogens is 1. The monoisotopic (exact) mass is 339 g/mol. The van der Waals surface area contributed by atoms with Crippen LogP contribution in [0, 0.1) is 5.41 Å². The second-order valence-corrected chi connectivity index (χ2v) is 5.86. The standard InChI is InChI=1S/C17H22ClNO4/c1-3-22-14-7-5-6-13(8-9-14)15(20)19-11-17(10-18,12-19)16(21)23-4-2/h5,7-9H,3-4,6,10-12H2,1-2H3. The van der Waals surface area contributed by atoms with E-state index in [4.69, 9.17) is 21.1 Å². The van der Waals surface area contributed by atoms with Crippen molar-refractivity contribution in [1.29, 1.82) is 0 Å². The molecule has 0 bridgehead atoms. The van der Waals surface area contributed by atoms with Crippen LogP contribution in [0.25, 0.3) is 0 Å². The predicted molar refractivity (Wildman–Crippen MR) is 87.9 cm³/mol. The lowest BCUT2D eigenvalue weighted by Gasteiger charge is -2.47. The van der Waals surface area contributed by atoms with Gasteiger partial charge in [-0.15, -0.1) is 11.6 Å². The third kappa shape index (κ3) is 3.78. The molecule has 0 saturated carbocycles. The Morgan fingerprint density at radius 1 is 1.26 bits per heavy atom. The van der Waals surface area contributed by atoms with E-state index >= 15 is 0 Å². The van der Waals surface area contributed by atoms with E-state index in [2.05, 4.69) is 0 Å². The van der Waals surface area contributed by atoms with Crippen LogP contribution in [0.2, 0.25) is 0 Å². The normalized spacial score (nSPS) is 19.2. The van der Waals surface area contributed by atoms with Gasteiger partial charge in [-0.05, 0) is 38.5 Å². The average molecular weight is 340 g/mol. The number of hydrogen-bond donors (Lipinski definition) is 0. The first-order valence-electron chi connectivity index (χ1n) is 7.79. The molecule has 2 aliphatic rings. The summed E-state index contributed by atoms with van der Waals surface area (Å²) < 4.78 is 10.5. The molecule has 1 aliphatic heterocycles. The average Bonchev–Trinajstić information content (AvgIpc) is 2.73.